The van der Waals surface area contributed by atoms with Gasteiger partial charge in [-0.1, -0.05) is 62.4 Å². The number of carboxylic acids is 1. The average Bonchev–Trinajstić information content (AvgIpc) is 3.02. The van der Waals surface area contributed by atoms with E-state index in [0.717, 1.165) is 16.0 Å². The van der Waals surface area contributed by atoms with Crippen LogP contribution in [0.15, 0.2) is 108 Å². The van der Waals surface area contributed by atoms with Crippen molar-refractivity contribution in [2.75, 3.05) is 16.4 Å². The van der Waals surface area contributed by atoms with Crippen molar-refractivity contribution in [2.45, 2.75) is 31.6 Å². The molecule has 4 aromatic carbocycles. The average molecular weight is 608 g/mol. The van der Waals surface area contributed by atoms with E-state index < -0.39 is 17.8 Å². The minimum absolute atomic E-state index is 0.0912. The summed E-state index contributed by atoms with van der Waals surface area (Å²) in [5.41, 5.74) is 4.27. The summed E-state index contributed by atoms with van der Waals surface area (Å²) >= 11 is 1.30. The summed E-state index contributed by atoms with van der Waals surface area (Å²) in [6.45, 7) is 6.00. The predicted molar refractivity (Wildman–Crippen MR) is 175 cm³/mol. The maximum atomic E-state index is 13.3. The van der Waals surface area contributed by atoms with Crippen molar-refractivity contribution >= 4 is 52.9 Å². The maximum Gasteiger partial charge on any atom is 0.335 e. The first kappa shape index (κ1) is 31.8. The zero-order chi connectivity index (χ0) is 31.6. The number of hydrogen-bond donors (Lipinski definition) is 4. The summed E-state index contributed by atoms with van der Waals surface area (Å²) in [7, 11) is 0. The van der Waals surface area contributed by atoms with Crippen molar-refractivity contribution < 1.29 is 24.3 Å². The number of rotatable bonds is 11. The van der Waals surface area contributed by atoms with Gasteiger partial charge in [-0.25, -0.2) is 4.79 Å². The fourth-order valence-corrected chi connectivity index (χ4v) is 4.84. The van der Waals surface area contributed by atoms with E-state index in [1.54, 1.807) is 67.6 Å². The highest BCUT2D eigenvalue weighted by Gasteiger charge is 2.16. The third-order valence-electron chi connectivity index (χ3n) is 6.68. The molecule has 0 heterocycles. The lowest BCUT2D eigenvalue weighted by atomic mass is 10.0. The molecule has 44 heavy (non-hydrogen) atoms. The van der Waals surface area contributed by atoms with Crippen LogP contribution in [0.25, 0.3) is 6.08 Å². The highest BCUT2D eigenvalue weighted by molar-refractivity contribution is 8.00. The third-order valence-corrected chi connectivity index (χ3v) is 7.70. The summed E-state index contributed by atoms with van der Waals surface area (Å²) in [5, 5.41) is 17.5. The first-order valence-corrected chi connectivity index (χ1v) is 14.9. The van der Waals surface area contributed by atoms with E-state index in [-0.39, 0.29) is 22.9 Å². The zero-order valence-corrected chi connectivity index (χ0v) is 25.4. The van der Waals surface area contributed by atoms with E-state index in [1.165, 1.54) is 29.5 Å². The molecule has 0 unspecified atom stereocenters. The van der Waals surface area contributed by atoms with Gasteiger partial charge in [-0.05, 0) is 84.1 Å². The van der Waals surface area contributed by atoms with Crippen molar-refractivity contribution in [3.8, 4) is 0 Å². The first-order valence-electron chi connectivity index (χ1n) is 13.9. The van der Waals surface area contributed by atoms with Gasteiger partial charge in [0.15, 0.2) is 0 Å². The Hall–Kier alpha value is -5.15. The summed E-state index contributed by atoms with van der Waals surface area (Å²) in [6, 6.07) is 28.0. The molecule has 224 valence electrons. The lowest BCUT2D eigenvalue weighted by molar-refractivity contribution is -0.114. The minimum atomic E-state index is -1.07. The van der Waals surface area contributed by atoms with Gasteiger partial charge in [-0.3, -0.25) is 14.4 Å². The smallest absolute Gasteiger partial charge is 0.335 e. The Morgan fingerprint density at radius 3 is 2.14 bits per heavy atom. The number of aromatic carboxylic acids is 1. The highest BCUT2D eigenvalue weighted by atomic mass is 32.2. The van der Waals surface area contributed by atoms with Gasteiger partial charge in [0, 0.05) is 21.8 Å². The molecule has 0 saturated heterocycles. The van der Waals surface area contributed by atoms with Gasteiger partial charge < -0.3 is 21.1 Å². The van der Waals surface area contributed by atoms with Crippen LogP contribution in [0.5, 0.6) is 0 Å². The molecule has 0 radical (unpaired) electrons. The fourth-order valence-electron chi connectivity index (χ4n) is 4.14. The Balaban J connectivity index is 1.41. The molecule has 4 N–H and O–H groups in total. The number of nitrogens with one attached hydrogen (secondary N) is 3. The van der Waals surface area contributed by atoms with Crippen LogP contribution in [0.1, 0.15) is 57.2 Å². The topological polar surface area (TPSA) is 125 Å². The van der Waals surface area contributed by atoms with Gasteiger partial charge in [0.2, 0.25) is 5.91 Å². The Morgan fingerprint density at radius 1 is 0.818 bits per heavy atom. The maximum absolute atomic E-state index is 13.3. The molecule has 0 aliphatic rings. The van der Waals surface area contributed by atoms with Gasteiger partial charge >= 0.3 is 5.97 Å². The first-order chi connectivity index (χ1) is 21.1. The van der Waals surface area contributed by atoms with E-state index in [0.29, 0.717) is 22.9 Å². The van der Waals surface area contributed by atoms with Gasteiger partial charge in [0.1, 0.15) is 5.70 Å². The van der Waals surface area contributed by atoms with Gasteiger partial charge in [-0.2, -0.15) is 0 Å². The monoisotopic (exact) mass is 607 g/mol. The molecule has 0 bridgehead atoms. The van der Waals surface area contributed by atoms with Crippen LogP contribution in [0.4, 0.5) is 11.4 Å². The molecular formula is C35H33N3O5S. The lowest BCUT2D eigenvalue weighted by Gasteiger charge is -2.12. The van der Waals surface area contributed by atoms with Gasteiger partial charge in [0.05, 0.1) is 11.3 Å². The molecule has 4 aromatic rings. The number of carbonyl (C=O) groups is 4. The van der Waals surface area contributed by atoms with E-state index in [9.17, 15) is 24.3 Å². The summed E-state index contributed by atoms with van der Waals surface area (Å²) in [4.78, 5) is 50.8. The van der Waals surface area contributed by atoms with Gasteiger partial charge in [0.25, 0.3) is 11.8 Å². The number of aryl methyl sites for hydroxylation is 1. The number of benzene rings is 4. The highest BCUT2D eigenvalue weighted by Crippen LogP contribution is 2.23. The normalized spacial score (nSPS) is 11.1. The number of thioether (sulfide) groups is 1. The molecule has 9 heteroatoms. The van der Waals surface area contributed by atoms with Crippen molar-refractivity contribution in [1.82, 2.24) is 5.32 Å². The Morgan fingerprint density at radius 2 is 1.50 bits per heavy atom. The van der Waals surface area contributed by atoms with Gasteiger partial charge in [-0.15, -0.1) is 11.8 Å². The largest absolute Gasteiger partial charge is 0.478 e. The van der Waals surface area contributed by atoms with Crippen LogP contribution in [0.3, 0.4) is 0 Å². The SMILES string of the molecule is Cc1ccc(C(=O)O)cc1NC(=O)CSc1ccc(NC(=O)/C(=C/c2ccc(C(C)C)cc2)NC(=O)c2ccccc2)cc1. The van der Waals surface area contributed by atoms with E-state index in [1.807, 2.05) is 30.3 Å². The number of carbonyl (C=O) groups excluding carboxylic acids is 3. The van der Waals surface area contributed by atoms with Crippen LogP contribution in [0.2, 0.25) is 0 Å². The van der Waals surface area contributed by atoms with E-state index in [4.69, 9.17) is 0 Å². The molecule has 0 fully saturated rings. The zero-order valence-electron chi connectivity index (χ0n) is 24.6. The van der Waals surface area contributed by atoms with E-state index >= 15 is 0 Å². The summed E-state index contributed by atoms with van der Waals surface area (Å²) in [6.07, 6.45) is 1.64. The summed E-state index contributed by atoms with van der Waals surface area (Å²) in [5.74, 6) is -1.76. The molecule has 0 aromatic heterocycles. The number of amides is 3. The lowest BCUT2D eigenvalue weighted by Crippen LogP contribution is -2.30. The van der Waals surface area contributed by atoms with E-state index in [2.05, 4.69) is 29.8 Å². The number of carboxylic acid groups (broad SMARTS) is 1. The minimum Gasteiger partial charge on any atom is -0.478 e. The molecule has 4 rings (SSSR count). The van der Waals surface area contributed by atoms with Crippen molar-refractivity contribution in [2.24, 2.45) is 0 Å². The Labute approximate surface area is 260 Å². The van der Waals surface area contributed by atoms with Crippen molar-refractivity contribution in [3.05, 3.63) is 131 Å². The molecule has 0 aliphatic heterocycles. The standard InChI is InChI=1S/C35H33N3O5S/c1-22(2)25-13-10-24(11-14-25)19-31(38-33(40)26-7-5-4-6-8-26)34(41)36-28-15-17-29(18-16-28)44-21-32(39)37-30-20-27(35(42)43)12-9-23(30)3/h4-20,22H,21H2,1-3H3,(H,36,41)(H,37,39)(H,38,40)(H,42,43)/b31-19-. The summed E-state index contributed by atoms with van der Waals surface area (Å²) < 4.78 is 0. The van der Waals surface area contributed by atoms with Crippen LogP contribution >= 0.6 is 11.8 Å². The second kappa shape index (κ2) is 14.8. The van der Waals surface area contributed by atoms with Crippen molar-refractivity contribution in [1.29, 1.82) is 0 Å². The molecule has 0 saturated carbocycles. The Bertz CT molecular complexity index is 1680. The van der Waals surface area contributed by atoms with Crippen LogP contribution in [-0.2, 0) is 9.59 Å². The molecule has 0 aliphatic carbocycles. The third kappa shape index (κ3) is 8.92. The van der Waals surface area contributed by atoms with Crippen molar-refractivity contribution in [3.63, 3.8) is 0 Å². The van der Waals surface area contributed by atoms with Crippen LogP contribution in [0, 0.1) is 6.92 Å². The molecular weight excluding hydrogens is 574 g/mol. The Kier molecular flexibility index (Phi) is 10.7. The second-order valence-corrected chi connectivity index (χ2v) is 11.4. The fraction of sp³-hybridized carbons (Fsp3) is 0.143. The predicted octanol–water partition coefficient (Wildman–Crippen LogP) is 6.96. The van der Waals surface area contributed by atoms with Crippen LogP contribution < -0.4 is 16.0 Å². The molecule has 0 spiro atoms. The molecule has 3 amide bonds. The number of anilines is 2. The quantitative estimate of drug-likeness (QED) is 0.108. The molecule has 0 atom stereocenters. The van der Waals surface area contributed by atoms with Crippen LogP contribution in [-0.4, -0.2) is 34.6 Å². The molecule has 8 nitrogen and oxygen atoms in total. The second-order valence-electron chi connectivity index (χ2n) is 10.3. The number of hydrogen-bond acceptors (Lipinski definition) is 5.